The topological polar surface area (TPSA) is 121 Å². The zero-order valence-corrected chi connectivity index (χ0v) is 16.5. The zero-order chi connectivity index (χ0) is 21.9. The van der Waals surface area contributed by atoms with Crippen LogP contribution in [0.4, 0.5) is 19.1 Å². The molecule has 1 amide bonds. The number of nitriles is 1. The van der Waals surface area contributed by atoms with E-state index >= 15 is 0 Å². The molecule has 1 aliphatic heterocycles. The number of nitrogens with zero attached hydrogens (tertiary/aromatic N) is 5. The molecule has 0 radical (unpaired) electrons. The van der Waals surface area contributed by atoms with Crippen molar-refractivity contribution in [2.45, 2.75) is 44.9 Å². The minimum Gasteiger partial charge on any atom is -0.391 e. The molecular weight excluding hydrogens is 413 g/mol. The van der Waals surface area contributed by atoms with Crippen molar-refractivity contribution in [2.75, 3.05) is 18.8 Å². The first-order valence-corrected chi connectivity index (χ1v) is 9.12. The largest absolute Gasteiger partial charge is 0.471 e. The highest BCUT2D eigenvalue weighted by atomic mass is 35.5. The molecule has 0 aromatic carbocycles. The molecule has 158 valence electrons. The van der Waals surface area contributed by atoms with E-state index in [1.807, 2.05) is 13.8 Å². The number of aliphatic hydroxyl groups is 1. The van der Waals surface area contributed by atoms with Crippen LogP contribution in [0.2, 0.25) is 5.02 Å². The van der Waals surface area contributed by atoms with Gasteiger partial charge in [0.1, 0.15) is 11.6 Å². The molecule has 1 aliphatic rings. The number of nitrogen functional groups attached to an aromatic ring is 1. The number of carbonyl (C=O) groups excluding carboxylic acids is 1. The molecular formula is C17H20ClF3N6O2. The van der Waals surface area contributed by atoms with E-state index < -0.39 is 18.2 Å². The monoisotopic (exact) mass is 432 g/mol. The predicted octanol–water partition coefficient (Wildman–Crippen LogP) is 2.49. The maximum atomic E-state index is 11.9. The van der Waals surface area contributed by atoms with Gasteiger partial charge >= 0.3 is 12.1 Å². The van der Waals surface area contributed by atoms with Gasteiger partial charge in [-0.25, -0.2) is 9.50 Å². The van der Waals surface area contributed by atoms with E-state index in [0.717, 1.165) is 5.69 Å². The number of nitrogens with two attached hydrogens (primary N) is 1. The molecule has 12 heteroatoms. The van der Waals surface area contributed by atoms with E-state index in [0.29, 0.717) is 33.8 Å². The molecule has 0 aliphatic carbocycles. The van der Waals surface area contributed by atoms with Gasteiger partial charge < -0.3 is 15.7 Å². The van der Waals surface area contributed by atoms with E-state index in [4.69, 9.17) is 27.7 Å². The summed E-state index contributed by atoms with van der Waals surface area (Å²) in [5.74, 6) is -1.57. The highest BCUT2D eigenvalue weighted by Crippen LogP contribution is 2.31. The van der Waals surface area contributed by atoms with Crippen LogP contribution in [0.15, 0.2) is 6.20 Å². The third-order valence-electron chi connectivity index (χ3n) is 4.26. The molecule has 0 saturated carbocycles. The SMILES string of the molecule is CC(C)c1c(C#N)c(Cl)c2cnc(N)nn12.O=C(N1CCCC(O)C1)C(F)(F)F. The molecule has 3 N–H and O–H groups in total. The number of aliphatic hydroxyl groups excluding tert-OH is 1. The van der Waals surface area contributed by atoms with Crippen LogP contribution < -0.4 is 5.73 Å². The molecule has 3 heterocycles. The van der Waals surface area contributed by atoms with Crippen molar-refractivity contribution in [3.8, 4) is 6.07 Å². The Labute approximate surface area is 169 Å². The Bertz CT molecular complexity index is 938. The number of alkyl halides is 3. The molecule has 1 saturated heterocycles. The number of fused-ring (bicyclic) bond motifs is 1. The second-order valence-electron chi connectivity index (χ2n) is 6.80. The van der Waals surface area contributed by atoms with Crippen LogP contribution >= 0.6 is 11.6 Å². The van der Waals surface area contributed by atoms with Crippen molar-refractivity contribution in [1.82, 2.24) is 19.5 Å². The third kappa shape index (κ3) is 5.07. The Morgan fingerprint density at radius 3 is 2.66 bits per heavy atom. The van der Waals surface area contributed by atoms with Gasteiger partial charge in [-0.05, 0) is 18.8 Å². The lowest BCUT2D eigenvalue weighted by molar-refractivity contribution is -0.188. The lowest BCUT2D eigenvalue weighted by atomic mass is 10.1. The predicted molar refractivity (Wildman–Crippen MR) is 99.1 cm³/mol. The molecule has 8 nitrogen and oxygen atoms in total. The van der Waals surface area contributed by atoms with Crippen LogP contribution in [-0.2, 0) is 4.79 Å². The Balaban J connectivity index is 0.000000212. The summed E-state index contributed by atoms with van der Waals surface area (Å²) in [5, 5.41) is 22.6. The number of anilines is 1. The first kappa shape index (κ1) is 22.7. The molecule has 1 fully saturated rings. The van der Waals surface area contributed by atoms with Gasteiger partial charge in [-0.3, -0.25) is 4.79 Å². The minimum atomic E-state index is -4.82. The fourth-order valence-electron chi connectivity index (χ4n) is 3.00. The molecule has 2 aromatic rings. The highest BCUT2D eigenvalue weighted by molar-refractivity contribution is 6.35. The van der Waals surface area contributed by atoms with Crippen LogP contribution in [0, 0.1) is 11.3 Å². The van der Waals surface area contributed by atoms with Crippen molar-refractivity contribution in [2.24, 2.45) is 0 Å². The Hall–Kier alpha value is -2.58. The van der Waals surface area contributed by atoms with Gasteiger partial charge in [0.15, 0.2) is 0 Å². The number of β-amino-alcohol motifs (C(OH)–C–C–N with tert-alkyl or cyclic N) is 1. The van der Waals surface area contributed by atoms with Gasteiger partial charge in [0.25, 0.3) is 0 Å². The smallest absolute Gasteiger partial charge is 0.391 e. The van der Waals surface area contributed by atoms with Gasteiger partial charge in [-0.2, -0.15) is 18.4 Å². The van der Waals surface area contributed by atoms with Crippen molar-refractivity contribution in [1.29, 1.82) is 5.26 Å². The van der Waals surface area contributed by atoms with Crippen molar-refractivity contribution in [3.05, 3.63) is 22.5 Å². The number of hydrogen-bond acceptors (Lipinski definition) is 6. The molecule has 1 unspecified atom stereocenters. The summed E-state index contributed by atoms with van der Waals surface area (Å²) >= 11 is 6.09. The van der Waals surface area contributed by atoms with E-state index in [1.54, 1.807) is 4.52 Å². The average Bonchev–Trinajstić information content (AvgIpc) is 2.92. The number of rotatable bonds is 1. The summed E-state index contributed by atoms with van der Waals surface area (Å²) in [6, 6.07) is 2.09. The highest BCUT2D eigenvalue weighted by Gasteiger charge is 2.43. The summed E-state index contributed by atoms with van der Waals surface area (Å²) in [6.07, 6.45) is -3.24. The maximum absolute atomic E-state index is 11.9. The van der Waals surface area contributed by atoms with E-state index in [-0.39, 0.29) is 25.0 Å². The number of likely N-dealkylation sites (tertiary alicyclic amines) is 1. The standard InChI is InChI=1S/C10H10ClN5.C7H10F3NO2/c1-5(2)9-6(3-12)8(11)7-4-14-10(13)15-16(7)9;8-7(9,10)6(13)11-3-1-2-5(12)4-11/h4-5H,1-2H3,(H2,13,15);5,12H,1-4H2. The van der Waals surface area contributed by atoms with E-state index in [1.165, 1.54) is 6.20 Å². The van der Waals surface area contributed by atoms with Gasteiger partial charge in [0.05, 0.1) is 28.6 Å². The Kier molecular flexibility index (Phi) is 6.92. The van der Waals surface area contributed by atoms with Crippen molar-refractivity contribution in [3.63, 3.8) is 0 Å². The van der Waals surface area contributed by atoms with Gasteiger partial charge in [-0.1, -0.05) is 25.4 Å². The molecule has 1 atom stereocenters. The second-order valence-corrected chi connectivity index (χ2v) is 7.18. The second kappa shape index (κ2) is 8.84. The summed E-state index contributed by atoms with van der Waals surface area (Å²) in [5.41, 5.74) is 7.33. The number of aromatic nitrogens is 3. The summed E-state index contributed by atoms with van der Waals surface area (Å²) in [7, 11) is 0. The third-order valence-corrected chi connectivity index (χ3v) is 4.65. The number of halogens is 4. The van der Waals surface area contributed by atoms with Crippen LogP contribution in [0.5, 0.6) is 0 Å². The fourth-order valence-corrected chi connectivity index (χ4v) is 3.27. The molecule has 29 heavy (non-hydrogen) atoms. The Morgan fingerprint density at radius 2 is 2.14 bits per heavy atom. The summed E-state index contributed by atoms with van der Waals surface area (Å²) in [4.78, 5) is 15.2. The molecule has 0 bridgehead atoms. The van der Waals surface area contributed by atoms with Crippen LogP contribution in [0.25, 0.3) is 5.52 Å². The Morgan fingerprint density at radius 1 is 1.48 bits per heavy atom. The number of carbonyl (C=O) groups is 1. The van der Waals surface area contributed by atoms with Crippen LogP contribution in [0.1, 0.15) is 43.9 Å². The first-order chi connectivity index (χ1) is 13.5. The number of amides is 1. The summed E-state index contributed by atoms with van der Waals surface area (Å²) in [6.45, 7) is 3.81. The minimum absolute atomic E-state index is 0.0788. The quantitative estimate of drug-likeness (QED) is 0.714. The van der Waals surface area contributed by atoms with Crippen molar-refractivity contribution >= 4 is 29.0 Å². The molecule has 3 rings (SSSR count). The average molecular weight is 433 g/mol. The fraction of sp³-hybridized carbons (Fsp3) is 0.529. The zero-order valence-electron chi connectivity index (χ0n) is 15.7. The van der Waals surface area contributed by atoms with Gasteiger partial charge in [-0.15, -0.1) is 5.10 Å². The van der Waals surface area contributed by atoms with E-state index in [2.05, 4.69) is 16.2 Å². The lowest BCUT2D eigenvalue weighted by Crippen LogP contribution is -2.47. The molecule has 0 spiro atoms. The van der Waals surface area contributed by atoms with Crippen LogP contribution in [-0.4, -0.2) is 55.9 Å². The van der Waals surface area contributed by atoms with Crippen LogP contribution in [0.3, 0.4) is 0 Å². The van der Waals surface area contributed by atoms with E-state index in [9.17, 15) is 18.0 Å². The normalized spacial score (nSPS) is 17.1. The maximum Gasteiger partial charge on any atom is 0.471 e. The van der Waals surface area contributed by atoms with Crippen molar-refractivity contribution < 1.29 is 23.1 Å². The number of hydrogen-bond donors (Lipinski definition) is 2. The number of piperidine rings is 1. The lowest BCUT2D eigenvalue weighted by Gasteiger charge is -2.30. The van der Waals surface area contributed by atoms with Gasteiger partial charge in [0, 0.05) is 13.1 Å². The summed E-state index contributed by atoms with van der Waals surface area (Å²) < 4.78 is 37.3. The first-order valence-electron chi connectivity index (χ1n) is 8.74. The van der Waals surface area contributed by atoms with Gasteiger partial charge in [0.2, 0.25) is 5.95 Å². The molecule has 2 aromatic heterocycles.